The summed E-state index contributed by atoms with van der Waals surface area (Å²) in [6, 6.07) is 5.07. The van der Waals surface area contributed by atoms with Crippen LogP contribution in [0.15, 0.2) is 53.6 Å². The molecule has 1 amide bonds. The molecule has 3 heterocycles. The van der Waals surface area contributed by atoms with Gasteiger partial charge in [0.15, 0.2) is 5.82 Å². The maximum atomic E-state index is 15.2. The summed E-state index contributed by atoms with van der Waals surface area (Å²) in [5, 5.41) is 6.97. The van der Waals surface area contributed by atoms with Gasteiger partial charge in [-0.2, -0.15) is 13.9 Å². The molecule has 2 aromatic carbocycles. The first-order chi connectivity index (χ1) is 23.9. The van der Waals surface area contributed by atoms with E-state index in [1.54, 1.807) is 0 Å². The molecule has 5 aromatic rings. The summed E-state index contributed by atoms with van der Waals surface area (Å²) in [7, 11) is -2.39. The summed E-state index contributed by atoms with van der Waals surface area (Å²) >= 11 is 6.46. The molecule has 0 aliphatic heterocycles. The highest BCUT2D eigenvalue weighted by Gasteiger charge is 2.66. The van der Waals surface area contributed by atoms with E-state index in [1.165, 1.54) is 23.9 Å². The molecule has 7 rings (SSSR count). The molecular formula is C32H26ClF6N7O4S. The minimum Gasteiger partial charge on any atom is -0.344 e. The predicted octanol–water partition coefficient (Wildman–Crippen LogP) is 5.47. The van der Waals surface area contributed by atoms with E-state index in [2.05, 4.69) is 20.1 Å². The summed E-state index contributed by atoms with van der Waals surface area (Å²) in [6.45, 7) is -0.831. The summed E-state index contributed by atoms with van der Waals surface area (Å²) in [5.41, 5.74) is -1.90. The number of carbonyl (C=O) groups is 1. The van der Waals surface area contributed by atoms with Crippen LogP contribution >= 0.6 is 11.6 Å². The van der Waals surface area contributed by atoms with Gasteiger partial charge in [-0.1, -0.05) is 11.6 Å². The van der Waals surface area contributed by atoms with Gasteiger partial charge < -0.3 is 9.88 Å². The van der Waals surface area contributed by atoms with Crippen molar-refractivity contribution in [3.63, 3.8) is 0 Å². The number of benzene rings is 2. The molecule has 19 heteroatoms. The van der Waals surface area contributed by atoms with Gasteiger partial charge in [0.25, 0.3) is 17.9 Å². The molecule has 2 aliphatic rings. The van der Waals surface area contributed by atoms with Gasteiger partial charge in [-0.05, 0) is 47.7 Å². The molecule has 0 saturated heterocycles. The number of aromatic nitrogens is 5. The molecule has 11 nitrogen and oxygen atoms in total. The smallest absolute Gasteiger partial charge is 0.291 e. The number of hydrogen-bond acceptors (Lipinski definition) is 6. The van der Waals surface area contributed by atoms with Crippen LogP contribution in [-0.4, -0.2) is 44.5 Å². The van der Waals surface area contributed by atoms with Crippen molar-refractivity contribution in [2.75, 3.05) is 11.0 Å². The lowest BCUT2D eigenvalue weighted by molar-refractivity contribution is -0.122. The molecular weight excluding hydrogens is 728 g/mol. The predicted molar refractivity (Wildman–Crippen MR) is 173 cm³/mol. The van der Waals surface area contributed by atoms with Crippen molar-refractivity contribution in [3.8, 4) is 5.69 Å². The number of rotatable bonds is 10. The number of nitrogens with zero attached hydrogens (tertiary/aromatic N) is 5. The molecule has 2 aliphatic carbocycles. The Kier molecular flexibility index (Phi) is 8.24. The standard InChI is InChI=1S/C32H26ClF6N7O4S/c1-44-27-22(4-3-20(33)26(27)30(42-44)43-51(2,49)50)46-24(48)5-6-40-31(46)21(9-14-7-15(34)10-16(35)8-14)41-23(47)13-45-12-18(29(36)37)25-17-11-19(17)32(38,39)28(25)45/h3-8,10,12,17,19,21,29H,9,11,13H2,1-2H3,(H,41,47)(H,42,43)/t17-,19+,21-/m0/s1. The Morgan fingerprint density at radius 3 is 2.51 bits per heavy atom. The van der Waals surface area contributed by atoms with Crippen LogP contribution in [0.3, 0.4) is 0 Å². The summed E-state index contributed by atoms with van der Waals surface area (Å²) in [4.78, 5) is 31.6. The van der Waals surface area contributed by atoms with Gasteiger partial charge in [0.1, 0.15) is 24.0 Å². The van der Waals surface area contributed by atoms with Crippen molar-refractivity contribution in [1.29, 1.82) is 0 Å². The second kappa shape index (κ2) is 12.1. The summed E-state index contributed by atoms with van der Waals surface area (Å²) < 4.78 is 117. The highest BCUT2D eigenvalue weighted by Crippen LogP contribution is 2.68. The minimum atomic E-state index is -3.84. The summed E-state index contributed by atoms with van der Waals surface area (Å²) in [6.07, 6.45) is -0.537. The lowest BCUT2D eigenvalue weighted by Gasteiger charge is -2.23. The van der Waals surface area contributed by atoms with E-state index in [0.717, 1.165) is 46.0 Å². The molecule has 3 atom stereocenters. The maximum Gasteiger partial charge on any atom is 0.291 e. The van der Waals surface area contributed by atoms with Gasteiger partial charge in [0.05, 0.1) is 39.6 Å². The van der Waals surface area contributed by atoms with Gasteiger partial charge in [-0.3, -0.25) is 23.6 Å². The van der Waals surface area contributed by atoms with E-state index in [0.29, 0.717) is 6.07 Å². The van der Waals surface area contributed by atoms with Crippen molar-refractivity contribution < 1.29 is 39.6 Å². The number of fused-ring (bicyclic) bond motifs is 4. The Morgan fingerprint density at radius 2 is 1.84 bits per heavy atom. The zero-order valence-corrected chi connectivity index (χ0v) is 28.0. The van der Waals surface area contributed by atoms with Crippen molar-refractivity contribution in [3.05, 3.63) is 104 Å². The monoisotopic (exact) mass is 753 g/mol. The topological polar surface area (TPSA) is 133 Å². The molecule has 0 unspecified atom stereocenters. The normalized spacial score (nSPS) is 18.2. The van der Waals surface area contributed by atoms with Crippen molar-refractivity contribution in [1.82, 2.24) is 29.2 Å². The third kappa shape index (κ3) is 6.13. The van der Waals surface area contributed by atoms with Crippen LogP contribution in [0.5, 0.6) is 0 Å². The molecule has 268 valence electrons. The quantitative estimate of drug-likeness (QED) is 0.182. The Balaban J connectivity index is 1.34. The number of halogens is 7. The Morgan fingerprint density at radius 1 is 1.14 bits per heavy atom. The number of sulfonamides is 1. The molecule has 0 bridgehead atoms. The van der Waals surface area contributed by atoms with Gasteiger partial charge >= 0.3 is 0 Å². The van der Waals surface area contributed by atoms with Gasteiger partial charge in [-0.15, -0.1) is 0 Å². The molecule has 1 saturated carbocycles. The first-order valence-corrected chi connectivity index (χ1v) is 17.6. The maximum absolute atomic E-state index is 15.2. The van der Waals surface area contributed by atoms with Crippen LogP contribution < -0.4 is 15.6 Å². The third-order valence-electron chi connectivity index (χ3n) is 8.96. The number of alkyl halides is 4. The number of carbonyl (C=O) groups excluding carboxylic acids is 1. The second-order valence-corrected chi connectivity index (χ2v) is 14.7. The van der Waals surface area contributed by atoms with E-state index in [9.17, 15) is 35.6 Å². The number of hydrogen-bond donors (Lipinski definition) is 2. The first-order valence-electron chi connectivity index (χ1n) is 15.3. The fraction of sp³-hybridized carbons (Fsp3) is 0.312. The van der Waals surface area contributed by atoms with Crippen LogP contribution in [0.4, 0.5) is 32.2 Å². The van der Waals surface area contributed by atoms with Crippen molar-refractivity contribution in [2.24, 2.45) is 13.0 Å². The Bertz CT molecular complexity index is 2410. The Hall–Kier alpha value is -4.84. The van der Waals surface area contributed by atoms with Crippen LogP contribution in [-0.2, 0) is 40.8 Å². The molecule has 3 aromatic heterocycles. The lowest BCUT2D eigenvalue weighted by atomic mass is 10.0. The van der Waals surface area contributed by atoms with Gasteiger partial charge in [0.2, 0.25) is 15.9 Å². The highest BCUT2D eigenvalue weighted by molar-refractivity contribution is 7.92. The van der Waals surface area contributed by atoms with E-state index in [4.69, 9.17) is 11.6 Å². The van der Waals surface area contributed by atoms with E-state index in [1.807, 2.05) is 0 Å². The van der Waals surface area contributed by atoms with Gasteiger partial charge in [-0.25, -0.2) is 31.0 Å². The van der Waals surface area contributed by atoms with Crippen LogP contribution in [0, 0.1) is 17.6 Å². The lowest BCUT2D eigenvalue weighted by Crippen LogP contribution is -2.37. The molecule has 2 N–H and O–H groups in total. The largest absolute Gasteiger partial charge is 0.344 e. The SMILES string of the molecule is Cn1nc(NS(C)(=O)=O)c2c(Cl)ccc(-n3c([C@H](Cc4cc(F)cc(F)c4)NC(=O)Cn4cc(C(F)F)c5c4C(F)(F)[C@@H]4C[C@H]54)nccc3=O)c21. The van der Waals surface area contributed by atoms with Crippen LogP contribution in [0.1, 0.15) is 53.0 Å². The van der Waals surface area contributed by atoms with Crippen molar-refractivity contribution in [2.45, 2.75) is 43.7 Å². The number of nitrogens with one attached hydrogen (secondary N) is 2. The molecule has 0 radical (unpaired) electrons. The average molecular weight is 754 g/mol. The van der Waals surface area contributed by atoms with E-state index >= 15 is 8.78 Å². The number of aryl methyl sites for hydroxylation is 1. The van der Waals surface area contributed by atoms with Crippen molar-refractivity contribution >= 4 is 44.3 Å². The fourth-order valence-electron chi connectivity index (χ4n) is 7.01. The average Bonchev–Trinajstić information content (AvgIpc) is 3.56. The highest BCUT2D eigenvalue weighted by atomic mass is 35.5. The Labute approximate surface area is 289 Å². The number of anilines is 1. The van der Waals surface area contributed by atoms with E-state index in [-0.39, 0.29) is 57.2 Å². The zero-order valence-electron chi connectivity index (χ0n) is 26.5. The zero-order chi connectivity index (χ0) is 36.7. The fourth-order valence-corrected chi connectivity index (χ4v) is 7.74. The summed E-state index contributed by atoms with van der Waals surface area (Å²) in [5.74, 6) is -8.52. The van der Waals surface area contributed by atoms with Gasteiger partial charge in [0, 0.05) is 49.5 Å². The third-order valence-corrected chi connectivity index (χ3v) is 9.84. The molecule has 1 fully saturated rings. The molecule has 51 heavy (non-hydrogen) atoms. The first kappa shape index (κ1) is 34.6. The van der Waals surface area contributed by atoms with Crippen LogP contribution in [0.25, 0.3) is 16.6 Å². The molecule has 0 spiro atoms. The second-order valence-electron chi connectivity index (χ2n) is 12.6. The number of amides is 1. The van der Waals surface area contributed by atoms with E-state index < -0.39 is 81.2 Å². The minimum absolute atomic E-state index is 0.0114. The van der Waals surface area contributed by atoms with Crippen LogP contribution in [0.2, 0.25) is 5.02 Å².